The number of ether oxygens (including phenoxy) is 1. The van der Waals surface area contributed by atoms with Gasteiger partial charge in [0.2, 0.25) is 0 Å². The molecule has 2 aliphatic rings. The lowest BCUT2D eigenvalue weighted by atomic mass is 9.90. The zero-order valence-corrected chi connectivity index (χ0v) is 13.5. The van der Waals surface area contributed by atoms with Crippen LogP contribution in [0.25, 0.3) is 0 Å². The molecular formula is C18H22FNO4. The van der Waals surface area contributed by atoms with E-state index >= 15 is 0 Å². The van der Waals surface area contributed by atoms with Gasteiger partial charge in [0, 0.05) is 13.1 Å². The monoisotopic (exact) mass is 335 g/mol. The second-order valence-electron chi connectivity index (χ2n) is 6.59. The van der Waals surface area contributed by atoms with E-state index in [9.17, 15) is 14.0 Å². The van der Waals surface area contributed by atoms with E-state index in [0.717, 1.165) is 18.4 Å². The molecule has 24 heavy (non-hydrogen) atoms. The molecule has 2 saturated heterocycles. The van der Waals surface area contributed by atoms with Crippen LogP contribution in [0.2, 0.25) is 0 Å². The summed E-state index contributed by atoms with van der Waals surface area (Å²) in [5, 5.41) is 8.94. The highest BCUT2D eigenvalue weighted by atomic mass is 19.1. The predicted molar refractivity (Wildman–Crippen MR) is 84.9 cm³/mol. The molecule has 1 aromatic carbocycles. The molecule has 2 fully saturated rings. The number of carbonyl (C=O) groups is 2. The van der Waals surface area contributed by atoms with Crippen LogP contribution in [0.5, 0.6) is 0 Å². The second kappa shape index (κ2) is 7.30. The number of aliphatic carboxylic acids is 1. The molecule has 0 aliphatic carbocycles. The highest BCUT2D eigenvalue weighted by Gasteiger charge is 2.37. The van der Waals surface area contributed by atoms with Crippen molar-refractivity contribution in [3.05, 3.63) is 35.6 Å². The number of halogens is 1. The molecule has 1 N–H and O–H groups in total. The van der Waals surface area contributed by atoms with Gasteiger partial charge in [0.15, 0.2) is 6.10 Å². The van der Waals surface area contributed by atoms with Crippen LogP contribution in [0.4, 0.5) is 4.39 Å². The van der Waals surface area contributed by atoms with Crippen LogP contribution in [0.3, 0.4) is 0 Å². The smallest absolute Gasteiger partial charge is 0.332 e. The van der Waals surface area contributed by atoms with Crippen molar-refractivity contribution in [2.75, 3.05) is 13.1 Å². The van der Waals surface area contributed by atoms with E-state index in [1.54, 1.807) is 11.0 Å². The molecule has 0 radical (unpaired) electrons. The summed E-state index contributed by atoms with van der Waals surface area (Å²) in [7, 11) is 0. The number of hydrogen-bond acceptors (Lipinski definition) is 3. The predicted octanol–water partition coefficient (Wildman–Crippen LogP) is 2.24. The van der Waals surface area contributed by atoms with E-state index in [0.29, 0.717) is 38.3 Å². The van der Waals surface area contributed by atoms with E-state index in [2.05, 4.69) is 0 Å². The third kappa shape index (κ3) is 3.75. The minimum absolute atomic E-state index is 0.108. The fraction of sp³-hybridized carbons (Fsp3) is 0.556. The molecule has 2 atom stereocenters. The Morgan fingerprint density at radius 3 is 2.42 bits per heavy atom. The Morgan fingerprint density at radius 2 is 1.79 bits per heavy atom. The van der Waals surface area contributed by atoms with Crippen molar-refractivity contribution in [1.82, 2.24) is 4.90 Å². The maximum atomic E-state index is 13.7. The summed E-state index contributed by atoms with van der Waals surface area (Å²) in [6.45, 7) is 1.24. The number of nitrogens with zero attached hydrogens (tertiary/aromatic N) is 1. The Morgan fingerprint density at radius 1 is 1.12 bits per heavy atom. The Bertz CT molecular complexity index is 613. The Balaban J connectivity index is 1.49. The number of carbonyl (C=O) groups excluding carboxylic acids is 1. The third-order valence-corrected chi connectivity index (χ3v) is 4.96. The topological polar surface area (TPSA) is 66.8 Å². The van der Waals surface area contributed by atoms with Crippen molar-refractivity contribution in [3.63, 3.8) is 0 Å². The van der Waals surface area contributed by atoms with Gasteiger partial charge in [0.05, 0.1) is 0 Å². The second-order valence-corrected chi connectivity index (χ2v) is 6.59. The van der Waals surface area contributed by atoms with Crippen molar-refractivity contribution >= 4 is 11.9 Å². The highest BCUT2D eigenvalue weighted by molar-refractivity contribution is 5.82. The van der Waals surface area contributed by atoms with Gasteiger partial charge in [-0.25, -0.2) is 9.18 Å². The minimum Gasteiger partial charge on any atom is -0.479 e. The third-order valence-electron chi connectivity index (χ3n) is 4.96. The van der Waals surface area contributed by atoms with Crippen LogP contribution in [-0.2, 0) is 20.7 Å². The SMILES string of the molecule is O=C(O)[C@H]1CC[C@@H](C(=O)N2CCC(Cc3ccccc3F)CC2)O1. The summed E-state index contributed by atoms with van der Waals surface area (Å²) >= 11 is 0. The molecule has 0 saturated carbocycles. The Labute approximate surface area is 140 Å². The molecule has 0 unspecified atom stereocenters. The molecule has 0 spiro atoms. The van der Waals surface area contributed by atoms with E-state index in [1.807, 2.05) is 12.1 Å². The van der Waals surface area contributed by atoms with E-state index in [4.69, 9.17) is 9.84 Å². The van der Waals surface area contributed by atoms with Crippen molar-refractivity contribution in [3.8, 4) is 0 Å². The summed E-state index contributed by atoms with van der Waals surface area (Å²) in [6, 6.07) is 6.81. The van der Waals surface area contributed by atoms with Gasteiger partial charge in [-0.3, -0.25) is 4.79 Å². The van der Waals surface area contributed by atoms with Gasteiger partial charge < -0.3 is 14.7 Å². The average Bonchev–Trinajstić information content (AvgIpc) is 3.07. The van der Waals surface area contributed by atoms with Gasteiger partial charge in [0.25, 0.3) is 5.91 Å². The van der Waals surface area contributed by atoms with Gasteiger partial charge in [-0.1, -0.05) is 18.2 Å². The molecule has 1 amide bonds. The van der Waals surface area contributed by atoms with Crippen LogP contribution in [0, 0.1) is 11.7 Å². The zero-order chi connectivity index (χ0) is 17.1. The lowest BCUT2D eigenvalue weighted by molar-refractivity contribution is -0.155. The number of amides is 1. The van der Waals surface area contributed by atoms with E-state index in [1.165, 1.54) is 6.07 Å². The molecule has 0 aromatic heterocycles. The molecule has 0 bridgehead atoms. The quantitative estimate of drug-likeness (QED) is 0.916. The van der Waals surface area contributed by atoms with Gasteiger partial charge in [-0.2, -0.15) is 0 Å². The lowest BCUT2D eigenvalue weighted by Crippen LogP contribution is -2.44. The van der Waals surface area contributed by atoms with Crippen molar-refractivity contribution < 1.29 is 23.8 Å². The minimum atomic E-state index is -1.01. The lowest BCUT2D eigenvalue weighted by Gasteiger charge is -2.33. The molecule has 6 heteroatoms. The maximum absolute atomic E-state index is 13.7. The van der Waals surface area contributed by atoms with Crippen LogP contribution < -0.4 is 0 Å². The maximum Gasteiger partial charge on any atom is 0.332 e. The zero-order valence-electron chi connectivity index (χ0n) is 13.5. The molecule has 2 heterocycles. The summed E-state index contributed by atoms with van der Waals surface area (Å²) < 4.78 is 19.1. The number of hydrogen-bond donors (Lipinski definition) is 1. The first-order valence-corrected chi connectivity index (χ1v) is 8.45. The molecular weight excluding hydrogens is 313 g/mol. The van der Waals surface area contributed by atoms with Crippen LogP contribution in [-0.4, -0.2) is 47.2 Å². The summed E-state index contributed by atoms with van der Waals surface area (Å²) in [4.78, 5) is 25.1. The summed E-state index contributed by atoms with van der Waals surface area (Å²) in [6.07, 6.45) is 1.70. The Hall–Kier alpha value is -1.95. The van der Waals surface area contributed by atoms with Gasteiger partial charge in [0.1, 0.15) is 11.9 Å². The van der Waals surface area contributed by atoms with Gasteiger partial charge in [-0.15, -0.1) is 0 Å². The van der Waals surface area contributed by atoms with Crippen molar-refractivity contribution in [1.29, 1.82) is 0 Å². The molecule has 5 nitrogen and oxygen atoms in total. The standard InChI is InChI=1S/C18H22FNO4/c19-14-4-2-1-3-13(14)11-12-7-9-20(10-8-12)17(21)15-5-6-16(24-15)18(22)23/h1-4,12,15-16H,5-11H2,(H,22,23)/t15-,16+/m0/s1. The first-order valence-electron chi connectivity index (χ1n) is 8.45. The summed E-state index contributed by atoms with van der Waals surface area (Å²) in [5.74, 6) is -0.922. The number of piperidine rings is 1. The van der Waals surface area contributed by atoms with Gasteiger partial charge >= 0.3 is 5.97 Å². The number of carboxylic acids is 1. The largest absolute Gasteiger partial charge is 0.479 e. The first-order chi connectivity index (χ1) is 11.5. The van der Waals surface area contributed by atoms with Crippen molar-refractivity contribution in [2.24, 2.45) is 5.92 Å². The van der Waals surface area contributed by atoms with Crippen molar-refractivity contribution in [2.45, 2.75) is 44.3 Å². The molecule has 130 valence electrons. The fourth-order valence-electron chi connectivity index (χ4n) is 3.54. The average molecular weight is 335 g/mol. The molecule has 2 aliphatic heterocycles. The van der Waals surface area contributed by atoms with E-state index in [-0.39, 0.29) is 11.7 Å². The molecule has 1 aromatic rings. The van der Waals surface area contributed by atoms with Gasteiger partial charge in [-0.05, 0) is 49.7 Å². The van der Waals surface area contributed by atoms with Crippen LogP contribution in [0.1, 0.15) is 31.2 Å². The number of rotatable bonds is 4. The summed E-state index contributed by atoms with van der Waals surface area (Å²) in [5.41, 5.74) is 0.728. The first kappa shape index (κ1) is 16.9. The van der Waals surface area contributed by atoms with Crippen LogP contribution in [0.15, 0.2) is 24.3 Å². The Kier molecular flexibility index (Phi) is 5.14. The highest BCUT2D eigenvalue weighted by Crippen LogP contribution is 2.26. The number of likely N-dealkylation sites (tertiary alicyclic amines) is 1. The van der Waals surface area contributed by atoms with E-state index < -0.39 is 18.2 Å². The normalized spacial score (nSPS) is 25.0. The number of carboxylic acid groups (broad SMARTS) is 1. The van der Waals surface area contributed by atoms with Crippen LogP contribution >= 0.6 is 0 Å². The fourth-order valence-corrected chi connectivity index (χ4v) is 3.54. The number of benzene rings is 1. The molecule has 3 rings (SSSR count).